The number of alkyl halides is 3. The van der Waals surface area contributed by atoms with E-state index in [2.05, 4.69) is 20.9 Å². The zero-order chi connectivity index (χ0) is 9.49. The molecule has 0 fully saturated rings. The normalized spacial score (nSPS) is 9.64. The second-order valence-corrected chi connectivity index (χ2v) is 1.52. The van der Waals surface area contributed by atoms with Gasteiger partial charge in [0.25, 0.3) is 0 Å². The third-order valence-electron chi connectivity index (χ3n) is 0.538. The van der Waals surface area contributed by atoms with Crippen LogP contribution in [-0.4, -0.2) is 18.6 Å². The molecule has 0 aliphatic rings. The third-order valence-corrected chi connectivity index (χ3v) is 0.538. The highest BCUT2D eigenvalue weighted by atomic mass is 79.9. The third kappa shape index (κ3) is 17.7. The second kappa shape index (κ2) is 6.41. The largest absolute Gasteiger partial charge is 0.405 e. The molecule has 11 heavy (non-hydrogen) atoms. The Hall–Kier alpha value is -0.300. The molecule has 0 atom stereocenters. The van der Waals surface area contributed by atoms with Crippen LogP contribution in [0.4, 0.5) is 13.2 Å². The number of nitrogens with one attached hydrogen (secondary N) is 1. The summed E-state index contributed by atoms with van der Waals surface area (Å²) in [6.45, 7) is -0.214. The van der Waals surface area contributed by atoms with Crippen LogP contribution < -0.4 is 10.1 Å². The van der Waals surface area contributed by atoms with Crippen LogP contribution in [0.15, 0.2) is 0 Å². The summed E-state index contributed by atoms with van der Waals surface area (Å²) in [4.78, 5) is 9.88. The Morgan fingerprint density at radius 1 is 1.55 bits per heavy atom. The standard InChI is InChI=1S/C4H6F3NO.BrH2N/c1-3(9)8-2-4(5,6)7;1-2/h2H2,1H3,(H,8,9);2H2. The number of halogens is 4. The molecule has 0 saturated heterocycles. The van der Waals surface area contributed by atoms with E-state index in [0.717, 1.165) is 6.92 Å². The number of nitrogens with two attached hydrogens (primary N) is 1. The molecule has 0 aromatic carbocycles. The van der Waals surface area contributed by atoms with Crippen LogP contribution >= 0.6 is 16.1 Å². The zero-order valence-electron chi connectivity index (χ0n) is 5.70. The van der Waals surface area contributed by atoms with E-state index in [9.17, 15) is 18.0 Å². The molecule has 3 N–H and O–H groups in total. The first-order valence-electron chi connectivity index (χ1n) is 2.45. The van der Waals surface area contributed by atoms with Crippen LogP contribution in [0.25, 0.3) is 0 Å². The fourth-order valence-electron chi connectivity index (χ4n) is 0.225. The van der Waals surface area contributed by atoms with Crippen molar-refractivity contribution in [3.63, 3.8) is 0 Å². The summed E-state index contributed by atoms with van der Waals surface area (Å²) >= 11 is 2.44. The van der Waals surface area contributed by atoms with Crippen molar-refractivity contribution < 1.29 is 18.0 Å². The van der Waals surface area contributed by atoms with Crippen molar-refractivity contribution in [2.45, 2.75) is 13.1 Å². The topological polar surface area (TPSA) is 55.1 Å². The monoisotopic (exact) mass is 236 g/mol. The van der Waals surface area contributed by atoms with Crippen LogP contribution in [0.3, 0.4) is 0 Å². The lowest BCUT2D eigenvalue weighted by molar-refractivity contribution is -0.137. The highest BCUT2D eigenvalue weighted by Crippen LogP contribution is 2.11. The molecule has 0 spiro atoms. The summed E-state index contributed by atoms with van der Waals surface area (Å²) in [7, 11) is 0. The summed E-state index contributed by atoms with van der Waals surface area (Å²) < 4.78 is 37.9. The minimum absolute atomic E-state index is 0.674. The minimum atomic E-state index is -4.30. The summed E-state index contributed by atoms with van der Waals surface area (Å²) in [5.41, 5.74) is 0. The fourth-order valence-corrected chi connectivity index (χ4v) is 0.225. The molecular weight excluding hydrogens is 229 g/mol. The molecule has 1 amide bonds. The molecule has 0 bridgehead atoms. The van der Waals surface area contributed by atoms with Crippen molar-refractivity contribution in [2.24, 2.45) is 4.76 Å². The van der Waals surface area contributed by atoms with Gasteiger partial charge < -0.3 is 5.32 Å². The van der Waals surface area contributed by atoms with E-state index in [1.54, 1.807) is 5.32 Å². The molecule has 68 valence electrons. The Balaban J connectivity index is 0. The smallest absolute Gasteiger partial charge is 0.347 e. The predicted octanol–water partition coefficient (Wildman–Crippen LogP) is 0.940. The number of rotatable bonds is 1. The van der Waals surface area contributed by atoms with E-state index in [0.29, 0.717) is 0 Å². The van der Waals surface area contributed by atoms with Gasteiger partial charge in [-0.2, -0.15) is 13.2 Å². The maximum Gasteiger partial charge on any atom is 0.405 e. The van der Waals surface area contributed by atoms with Crippen LogP contribution in [0, 0.1) is 0 Å². The van der Waals surface area contributed by atoms with Gasteiger partial charge in [-0.05, 0) is 0 Å². The number of hydrogen-bond donors (Lipinski definition) is 2. The molecule has 0 aliphatic carbocycles. The van der Waals surface area contributed by atoms with Gasteiger partial charge in [0.1, 0.15) is 6.54 Å². The lowest BCUT2D eigenvalue weighted by Crippen LogP contribution is -2.31. The zero-order valence-corrected chi connectivity index (χ0v) is 7.29. The van der Waals surface area contributed by atoms with Crippen molar-refractivity contribution in [3.8, 4) is 0 Å². The fraction of sp³-hybridized carbons (Fsp3) is 0.750. The van der Waals surface area contributed by atoms with Gasteiger partial charge in [0.15, 0.2) is 0 Å². The Labute approximate surface area is 70.5 Å². The first-order chi connectivity index (χ1) is 4.92. The van der Waals surface area contributed by atoms with Gasteiger partial charge in [-0.3, -0.25) is 9.55 Å². The van der Waals surface area contributed by atoms with Gasteiger partial charge in [0, 0.05) is 23.1 Å². The Morgan fingerprint density at radius 3 is 2.00 bits per heavy atom. The van der Waals surface area contributed by atoms with Crippen LogP contribution in [0.5, 0.6) is 0 Å². The van der Waals surface area contributed by atoms with Gasteiger partial charge in [-0.25, -0.2) is 0 Å². The highest BCUT2D eigenvalue weighted by molar-refractivity contribution is 9.07. The average Bonchev–Trinajstić information content (AvgIpc) is 1.87. The Bertz CT molecular complexity index is 116. The lowest BCUT2D eigenvalue weighted by Gasteiger charge is -2.04. The number of hydrogen-bond acceptors (Lipinski definition) is 2. The Morgan fingerprint density at radius 2 is 1.91 bits per heavy atom. The molecule has 0 aromatic rings. The first-order valence-corrected chi connectivity index (χ1v) is 3.36. The molecule has 0 saturated carbocycles. The first kappa shape index (κ1) is 13.3. The maximum atomic E-state index is 11.2. The van der Waals surface area contributed by atoms with Crippen molar-refractivity contribution in [1.82, 2.24) is 5.32 Å². The molecule has 3 nitrogen and oxygen atoms in total. The van der Waals surface area contributed by atoms with E-state index in [1.807, 2.05) is 0 Å². The van der Waals surface area contributed by atoms with E-state index in [-0.39, 0.29) is 0 Å². The molecule has 0 heterocycles. The van der Waals surface area contributed by atoms with Crippen molar-refractivity contribution in [3.05, 3.63) is 0 Å². The maximum absolute atomic E-state index is 11.2. The quantitative estimate of drug-likeness (QED) is 0.667. The van der Waals surface area contributed by atoms with Crippen LogP contribution in [-0.2, 0) is 4.79 Å². The summed E-state index contributed by atoms with van der Waals surface area (Å²) in [6, 6.07) is 0. The molecule has 0 rings (SSSR count). The Kier molecular flexibility index (Phi) is 7.75. The van der Waals surface area contributed by atoms with Crippen molar-refractivity contribution in [2.75, 3.05) is 6.54 Å². The minimum Gasteiger partial charge on any atom is -0.347 e. The van der Waals surface area contributed by atoms with E-state index < -0.39 is 18.6 Å². The van der Waals surface area contributed by atoms with E-state index in [1.165, 1.54) is 0 Å². The van der Waals surface area contributed by atoms with Crippen molar-refractivity contribution in [1.29, 1.82) is 0 Å². The predicted molar refractivity (Wildman–Crippen MR) is 37.9 cm³/mol. The number of carbonyl (C=O) groups excluding carboxylic acids is 1. The molecule has 0 unspecified atom stereocenters. The van der Waals surface area contributed by atoms with Gasteiger partial charge in [-0.15, -0.1) is 0 Å². The van der Waals surface area contributed by atoms with Gasteiger partial charge in [0.05, 0.1) is 0 Å². The summed E-state index contributed by atoms with van der Waals surface area (Å²) in [6.07, 6.45) is -4.30. The summed E-state index contributed by atoms with van der Waals surface area (Å²) in [5.74, 6) is -0.674. The number of carbonyl (C=O) groups is 1. The van der Waals surface area contributed by atoms with Crippen LogP contribution in [0.1, 0.15) is 6.92 Å². The van der Waals surface area contributed by atoms with Crippen molar-refractivity contribution >= 4 is 22.1 Å². The van der Waals surface area contributed by atoms with E-state index >= 15 is 0 Å². The number of amides is 1. The summed E-state index contributed by atoms with van der Waals surface area (Å²) in [5, 5.41) is 1.62. The average molecular weight is 237 g/mol. The van der Waals surface area contributed by atoms with Gasteiger partial charge in [-0.1, -0.05) is 0 Å². The van der Waals surface area contributed by atoms with E-state index in [4.69, 9.17) is 0 Å². The van der Waals surface area contributed by atoms with Crippen LogP contribution in [0.2, 0.25) is 0 Å². The lowest BCUT2D eigenvalue weighted by atomic mass is 10.6. The molecule has 7 heteroatoms. The highest BCUT2D eigenvalue weighted by Gasteiger charge is 2.26. The molecule has 0 aromatic heterocycles. The molecule has 0 radical (unpaired) electrons. The molecular formula is C4H8BrF3N2O. The second-order valence-electron chi connectivity index (χ2n) is 1.52. The van der Waals surface area contributed by atoms with Gasteiger partial charge in [0.2, 0.25) is 5.91 Å². The molecule has 0 aliphatic heterocycles. The SMILES string of the molecule is CC(=O)NCC(F)(F)F.NBr. The van der Waals surface area contributed by atoms with Gasteiger partial charge >= 0.3 is 6.18 Å².